The molecular formula is C35H56O4. The minimum Gasteiger partial charge on any atom is -0.396 e. The van der Waals surface area contributed by atoms with Gasteiger partial charge in [-0.25, -0.2) is 0 Å². The van der Waals surface area contributed by atoms with E-state index < -0.39 is 0 Å². The first-order valence-corrected chi connectivity index (χ1v) is 15.0. The van der Waals surface area contributed by atoms with Gasteiger partial charge in [0, 0.05) is 29.8 Å². The van der Waals surface area contributed by atoms with Crippen molar-refractivity contribution in [2.45, 2.75) is 114 Å². The summed E-state index contributed by atoms with van der Waals surface area (Å²) in [5, 5.41) is 18.9. The first kappa shape index (κ1) is 35.0. The zero-order valence-corrected chi connectivity index (χ0v) is 26.3. The van der Waals surface area contributed by atoms with Gasteiger partial charge < -0.3 is 10.2 Å². The fourth-order valence-electron chi connectivity index (χ4n) is 5.01. The summed E-state index contributed by atoms with van der Waals surface area (Å²) >= 11 is 0. The Hall–Kier alpha value is -2.04. The highest BCUT2D eigenvalue weighted by Crippen LogP contribution is 2.34. The van der Waals surface area contributed by atoms with E-state index in [1.807, 2.05) is 38.2 Å². The third kappa shape index (κ3) is 11.9. The predicted octanol–water partition coefficient (Wildman–Crippen LogP) is 8.26. The SMILES string of the molecule is CC.CC1C=C(/C=C\C2=CC(C)(C)C=C(CCCCC(C)(C)CO)C2=O)C(=O)C(CCCCC(C)(C)CO)=C1. The van der Waals surface area contributed by atoms with E-state index in [2.05, 4.69) is 60.6 Å². The molecule has 2 N–H and O–H groups in total. The molecule has 1 unspecified atom stereocenters. The standard InChI is InChI=1S/C33H50O4.C2H6/c1-24-18-25(12-8-10-16-31(2,3)22-34)29(36)26(19-24)14-15-28-21-33(6,7)20-27(30(28)37)13-9-11-17-32(4,5)23-35;1-2/h14-15,18-21,24,34-35H,8-13,16-17,22-23H2,1-7H3;1-2H3/b15-14-;. The summed E-state index contributed by atoms with van der Waals surface area (Å²) < 4.78 is 0. The number of Topliss-reactive ketones (excluding diaryl/α,β-unsaturated/α-hetero) is 2. The lowest BCUT2D eigenvalue weighted by molar-refractivity contribution is -0.113. The van der Waals surface area contributed by atoms with Gasteiger partial charge in [-0.15, -0.1) is 0 Å². The number of aliphatic hydroxyl groups excluding tert-OH is 2. The summed E-state index contributed by atoms with van der Waals surface area (Å²) in [5.41, 5.74) is 2.63. The second kappa shape index (κ2) is 15.7. The second-order valence-corrected chi connectivity index (χ2v) is 13.3. The topological polar surface area (TPSA) is 74.6 Å². The van der Waals surface area contributed by atoms with Crippen molar-refractivity contribution in [2.75, 3.05) is 13.2 Å². The molecule has 0 bridgehead atoms. The molecule has 0 aromatic rings. The fraction of sp³-hybridized carbons (Fsp3) is 0.657. The number of hydrogen-bond acceptors (Lipinski definition) is 4. The first-order chi connectivity index (χ1) is 18.2. The average molecular weight is 541 g/mol. The number of allylic oxidation sites excluding steroid dienone is 10. The van der Waals surface area contributed by atoms with Crippen molar-refractivity contribution in [3.63, 3.8) is 0 Å². The molecule has 0 amide bonds. The maximum atomic E-state index is 13.3. The Kier molecular flexibility index (Phi) is 14.1. The van der Waals surface area contributed by atoms with Gasteiger partial charge in [0.05, 0.1) is 0 Å². The van der Waals surface area contributed by atoms with E-state index in [0.29, 0.717) is 11.1 Å². The molecule has 1 atom stereocenters. The van der Waals surface area contributed by atoms with Crippen LogP contribution in [0.3, 0.4) is 0 Å². The Balaban J connectivity index is 0.00000371. The lowest BCUT2D eigenvalue weighted by Crippen LogP contribution is -2.19. The number of rotatable bonds is 14. The van der Waals surface area contributed by atoms with Crippen molar-refractivity contribution in [1.29, 1.82) is 0 Å². The number of ketones is 2. The largest absolute Gasteiger partial charge is 0.396 e. The van der Waals surface area contributed by atoms with Crippen LogP contribution < -0.4 is 0 Å². The number of unbranched alkanes of at least 4 members (excludes halogenated alkanes) is 2. The predicted molar refractivity (Wildman–Crippen MR) is 164 cm³/mol. The highest BCUT2D eigenvalue weighted by molar-refractivity contribution is 6.13. The monoisotopic (exact) mass is 540 g/mol. The van der Waals surface area contributed by atoms with E-state index in [0.717, 1.165) is 62.5 Å². The Labute approximate surface area is 239 Å². The minimum atomic E-state index is -0.223. The van der Waals surface area contributed by atoms with Gasteiger partial charge in [0.25, 0.3) is 0 Å². The molecule has 4 nitrogen and oxygen atoms in total. The van der Waals surface area contributed by atoms with Crippen molar-refractivity contribution < 1.29 is 19.8 Å². The molecule has 0 radical (unpaired) electrons. The number of hydrogen-bond donors (Lipinski definition) is 2. The molecule has 0 aromatic carbocycles. The molecule has 220 valence electrons. The molecule has 0 spiro atoms. The quantitative estimate of drug-likeness (QED) is 0.217. The summed E-state index contributed by atoms with van der Waals surface area (Å²) in [5.74, 6) is 0.282. The number of carbonyl (C=O) groups excluding carboxylic acids is 2. The summed E-state index contributed by atoms with van der Waals surface area (Å²) in [7, 11) is 0. The number of carbonyl (C=O) groups is 2. The molecular weight excluding hydrogens is 484 g/mol. The normalized spacial score (nSPS) is 19.7. The molecule has 0 saturated heterocycles. The molecule has 2 aliphatic carbocycles. The smallest absolute Gasteiger partial charge is 0.188 e. The van der Waals surface area contributed by atoms with Crippen LogP contribution in [0.4, 0.5) is 0 Å². The van der Waals surface area contributed by atoms with Crippen LogP contribution in [0, 0.1) is 22.2 Å². The first-order valence-electron chi connectivity index (χ1n) is 15.0. The van der Waals surface area contributed by atoms with Gasteiger partial charge in [-0.3, -0.25) is 9.59 Å². The van der Waals surface area contributed by atoms with E-state index in [1.54, 1.807) is 0 Å². The lowest BCUT2D eigenvalue weighted by Gasteiger charge is -2.25. The van der Waals surface area contributed by atoms with Crippen LogP contribution in [-0.4, -0.2) is 35.0 Å². The zero-order valence-electron chi connectivity index (χ0n) is 26.3. The van der Waals surface area contributed by atoms with Gasteiger partial charge in [-0.1, -0.05) is 112 Å². The van der Waals surface area contributed by atoms with Crippen molar-refractivity contribution >= 4 is 11.6 Å². The van der Waals surface area contributed by atoms with Gasteiger partial charge in [0.15, 0.2) is 11.6 Å². The molecule has 0 aliphatic heterocycles. The van der Waals surface area contributed by atoms with Crippen molar-refractivity contribution in [1.82, 2.24) is 0 Å². The average Bonchev–Trinajstić information content (AvgIpc) is 2.88. The molecule has 4 heteroatoms. The Morgan fingerprint density at radius 1 is 0.744 bits per heavy atom. The van der Waals surface area contributed by atoms with Crippen LogP contribution in [0.15, 0.2) is 58.7 Å². The Bertz CT molecular complexity index is 982. The van der Waals surface area contributed by atoms with Crippen molar-refractivity contribution in [2.24, 2.45) is 22.2 Å². The van der Waals surface area contributed by atoms with Crippen LogP contribution >= 0.6 is 0 Å². The summed E-state index contributed by atoms with van der Waals surface area (Å²) in [6.07, 6.45) is 18.9. The molecule has 39 heavy (non-hydrogen) atoms. The minimum absolute atomic E-state index is 0.0520. The fourth-order valence-corrected chi connectivity index (χ4v) is 5.01. The maximum Gasteiger partial charge on any atom is 0.188 e. The van der Waals surface area contributed by atoms with Gasteiger partial charge in [-0.2, -0.15) is 0 Å². The maximum absolute atomic E-state index is 13.3. The van der Waals surface area contributed by atoms with Gasteiger partial charge in [0.1, 0.15) is 0 Å². The van der Waals surface area contributed by atoms with Crippen LogP contribution in [0.2, 0.25) is 0 Å². The van der Waals surface area contributed by atoms with Crippen molar-refractivity contribution in [3.8, 4) is 0 Å². The summed E-state index contributed by atoms with van der Waals surface area (Å²) in [4.78, 5) is 26.4. The van der Waals surface area contributed by atoms with E-state index in [-0.39, 0.29) is 46.9 Å². The van der Waals surface area contributed by atoms with E-state index in [1.165, 1.54) is 0 Å². The van der Waals surface area contributed by atoms with E-state index in [4.69, 9.17) is 0 Å². The third-order valence-corrected chi connectivity index (χ3v) is 7.49. The van der Waals surface area contributed by atoms with E-state index in [9.17, 15) is 19.8 Å². The van der Waals surface area contributed by atoms with Crippen LogP contribution in [-0.2, 0) is 9.59 Å². The Morgan fingerprint density at radius 2 is 1.21 bits per heavy atom. The van der Waals surface area contributed by atoms with Crippen molar-refractivity contribution in [3.05, 3.63) is 58.7 Å². The van der Waals surface area contributed by atoms with Crippen LogP contribution in [0.5, 0.6) is 0 Å². The molecule has 0 fully saturated rings. The second-order valence-electron chi connectivity index (χ2n) is 13.3. The van der Waals surface area contributed by atoms with Gasteiger partial charge in [0.2, 0.25) is 0 Å². The Morgan fingerprint density at radius 3 is 1.72 bits per heavy atom. The highest BCUT2D eigenvalue weighted by atomic mass is 16.3. The molecule has 2 rings (SSSR count). The molecule has 0 saturated carbocycles. The van der Waals surface area contributed by atoms with Gasteiger partial charge in [-0.05, 0) is 66.4 Å². The highest BCUT2D eigenvalue weighted by Gasteiger charge is 2.26. The number of aliphatic hydroxyl groups is 2. The van der Waals surface area contributed by atoms with E-state index >= 15 is 0 Å². The van der Waals surface area contributed by atoms with Crippen LogP contribution in [0.25, 0.3) is 0 Å². The summed E-state index contributed by atoms with van der Waals surface area (Å²) in [6, 6.07) is 0. The summed E-state index contributed by atoms with van der Waals surface area (Å²) in [6.45, 7) is 18.9. The van der Waals surface area contributed by atoms with Crippen LogP contribution in [0.1, 0.15) is 114 Å². The zero-order chi connectivity index (χ0) is 29.9. The molecule has 0 heterocycles. The molecule has 2 aliphatic rings. The third-order valence-electron chi connectivity index (χ3n) is 7.49. The lowest BCUT2D eigenvalue weighted by atomic mass is 9.79. The van der Waals surface area contributed by atoms with Gasteiger partial charge >= 0.3 is 0 Å². The molecule has 0 aromatic heterocycles.